The molecule has 0 aliphatic heterocycles. The molecule has 0 aliphatic rings. The summed E-state index contributed by atoms with van der Waals surface area (Å²) in [5, 5.41) is 11.6. The van der Waals surface area contributed by atoms with E-state index in [0.29, 0.717) is 0 Å². The molecule has 110 valence electrons. The first kappa shape index (κ1) is 14.1. The van der Waals surface area contributed by atoms with E-state index < -0.39 is 5.92 Å². The van der Waals surface area contributed by atoms with Crippen molar-refractivity contribution in [2.24, 2.45) is 0 Å². The van der Waals surface area contributed by atoms with Gasteiger partial charge in [0.1, 0.15) is 11.7 Å². The zero-order chi connectivity index (χ0) is 15.5. The van der Waals surface area contributed by atoms with Gasteiger partial charge in [0.25, 0.3) is 0 Å². The minimum absolute atomic E-state index is 0.172. The second-order valence-electron chi connectivity index (χ2n) is 5.12. The number of aromatic hydroxyl groups is 1. The largest absolute Gasteiger partial charge is 0.508 e. The third-order valence-corrected chi connectivity index (χ3v) is 3.80. The number of fused-ring (bicyclic) bond motifs is 1. The number of rotatable bonds is 3. The fraction of sp³-hybridized carbons (Fsp3) is 0.105. The minimum atomic E-state index is -0.517. The molecule has 3 heteroatoms. The monoisotopic (exact) mass is 292 g/mol. The first-order valence-electron chi connectivity index (χ1n) is 7.05. The van der Waals surface area contributed by atoms with Gasteiger partial charge in [0.2, 0.25) is 0 Å². The van der Waals surface area contributed by atoms with Crippen LogP contribution in [0.15, 0.2) is 66.7 Å². The summed E-state index contributed by atoms with van der Waals surface area (Å²) < 4.78 is 5.00. The van der Waals surface area contributed by atoms with E-state index in [1.807, 2.05) is 42.5 Å². The van der Waals surface area contributed by atoms with Crippen molar-refractivity contribution in [3.63, 3.8) is 0 Å². The number of carbonyl (C=O) groups excluding carboxylic acids is 1. The van der Waals surface area contributed by atoms with Gasteiger partial charge in [-0.3, -0.25) is 4.79 Å². The Hall–Kier alpha value is -2.81. The Morgan fingerprint density at radius 1 is 0.955 bits per heavy atom. The Kier molecular flexibility index (Phi) is 3.79. The maximum atomic E-state index is 12.4. The van der Waals surface area contributed by atoms with Gasteiger partial charge in [-0.25, -0.2) is 0 Å². The minimum Gasteiger partial charge on any atom is -0.508 e. The molecule has 0 bridgehead atoms. The first-order valence-corrected chi connectivity index (χ1v) is 7.05. The van der Waals surface area contributed by atoms with E-state index in [-0.39, 0.29) is 11.7 Å². The number of methoxy groups -OCH3 is 1. The Morgan fingerprint density at radius 3 is 2.36 bits per heavy atom. The van der Waals surface area contributed by atoms with Gasteiger partial charge in [-0.1, -0.05) is 54.6 Å². The summed E-state index contributed by atoms with van der Waals surface area (Å²) in [5.41, 5.74) is 1.69. The number of ether oxygens (including phenoxy) is 1. The molecule has 3 rings (SSSR count). The summed E-state index contributed by atoms with van der Waals surface area (Å²) in [5.74, 6) is -0.663. The number of benzene rings is 3. The fourth-order valence-electron chi connectivity index (χ4n) is 2.73. The Balaban J connectivity index is 2.20. The van der Waals surface area contributed by atoms with Crippen molar-refractivity contribution in [1.29, 1.82) is 0 Å². The van der Waals surface area contributed by atoms with Crippen LogP contribution in [0.5, 0.6) is 5.75 Å². The standard InChI is InChI=1S/C19H16O3/c1-22-19(21)18(14-9-11-15(20)12-10-14)17-8-4-6-13-5-2-3-7-16(13)17/h2-12,18,20H,1H3. The molecule has 3 nitrogen and oxygen atoms in total. The smallest absolute Gasteiger partial charge is 0.317 e. The topological polar surface area (TPSA) is 46.5 Å². The maximum absolute atomic E-state index is 12.4. The van der Waals surface area contributed by atoms with Crippen LogP contribution in [0.3, 0.4) is 0 Å². The highest BCUT2D eigenvalue weighted by Crippen LogP contribution is 2.32. The highest BCUT2D eigenvalue weighted by Gasteiger charge is 2.25. The summed E-state index contributed by atoms with van der Waals surface area (Å²) in [6, 6.07) is 20.5. The maximum Gasteiger partial charge on any atom is 0.317 e. The van der Waals surface area contributed by atoms with E-state index in [0.717, 1.165) is 21.9 Å². The van der Waals surface area contributed by atoms with Crippen LogP contribution in [-0.2, 0) is 9.53 Å². The fourth-order valence-corrected chi connectivity index (χ4v) is 2.73. The lowest BCUT2D eigenvalue weighted by Crippen LogP contribution is -2.16. The molecule has 22 heavy (non-hydrogen) atoms. The molecule has 1 unspecified atom stereocenters. The van der Waals surface area contributed by atoms with Crippen LogP contribution in [0, 0.1) is 0 Å². The highest BCUT2D eigenvalue weighted by molar-refractivity contribution is 5.93. The summed E-state index contributed by atoms with van der Waals surface area (Å²) >= 11 is 0. The Bertz CT molecular complexity index is 801. The van der Waals surface area contributed by atoms with Crippen LogP contribution < -0.4 is 0 Å². The Labute approximate surface area is 128 Å². The third kappa shape index (κ3) is 2.53. The summed E-state index contributed by atoms with van der Waals surface area (Å²) in [6.45, 7) is 0. The third-order valence-electron chi connectivity index (χ3n) is 3.80. The molecule has 0 amide bonds. The molecule has 1 N–H and O–H groups in total. The van der Waals surface area contributed by atoms with Crippen molar-refractivity contribution >= 4 is 16.7 Å². The van der Waals surface area contributed by atoms with Crippen molar-refractivity contribution in [3.8, 4) is 5.75 Å². The second-order valence-corrected chi connectivity index (χ2v) is 5.12. The molecular formula is C19H16O3. The number of esters is 1. The van der Waals surface area contributed by atoms with Gasteiger partial charge in [-0.15, -0.1) is 0 Å². The average molecular weight is 292 g/mol. The van der Waals surface area contributed by atoms with Crippen LogP contribution >= 0.6 is 0 Å². The molecule has 0 saturated carbocycles. The molecule has 0 aromatic heterocycles. The predicted octanol–water partition coefficient (Wildman–Crippen LogP) is 3.85. The van der Waals surface area contributed by atoms with Gasteiger partial charge in [-0.2, -0.15) is 0 Å². The number of carbonyl (C=O) groups is 1. The van der Waals surface area contributed by atoms with Gasteiger partial charge in [0.05, 0.1) is 7.11 Å². The number of hydrogen-bond acceptors (Lipinski definition) is 3. The van der Waals surface area contributed by atoms with Crippen molar-refractivity contribution < 1.29 is 14.6 Å². The first-order chi connectivity index (χ1) is 10.7. The molecule has 0 spiro atoms. The molecule has 1 atom stereocenters. The summed E-state index contributed by atoms with van der Waals surface area (Å²) in [4.78, 5) is 12.4. The van der Waals surface area contributed by atoms with E-state index in [1.165, 1.54) is 7.11 Å². The number of phenols is 1. The van der Waals surface area contributed by atoms with Gasteiger partial charge < -0.3 is 9.84 Å². The van der Waals surface area contributed by atoms with Crippen LogP contribution in [0.25, 0.3) is 10.8 Å². The highest BCUT2D eigenvalue weighted by atomic mass is 16.5. The van der Waals surface area contributed by atoms with E-state index in [4.69, 9.17) is 4.74 Å². The van der Waals surface area contributed by atoms with E-state index in [1.54, 1.807) is 24.3 Å². The molecule has 0 saturated heterocycles. The lowest BCUT2D eigenvalue weighted by Gasteiger charge is -2.18. The molecule has 0 aliphatic carbocycles. The molecule has 0 heterocycles. The number of hydrogen-bond donors (Lipinski definition) is 1. The van der Waals surface area contributed by atoms with Crippen molar-refractivity contribution in [2.75, 3.05) is 7.11 Å². The zero-order valence-electron chi connectivity index (χ0n) is 12.2. The molecule has 3 aromatic rings. The molecular weight excluding hydrogens is 276 g/mol. The quantitative estimate of drug-likeness (QED) is 0.746. The summed E-state index contributed by atoms with van der Waals surface area (Å²) in [7, 11) is 1.39. The summed E-state index contributed by atoms with van der Waals surface area (Å²) in [6.07, 6.45) is 0. The molecule has 3 aromatic carbocycles. The van der Waals surface area contributed by atoms with E-state index >= 15 is 0 Å². The van der Waals surface area contributed by atoms with Crippen molar-refractivity contribution in [1.82, 2.24) is 0 Å². The van der Waals surface area contributed by atoms with Gasteiger partial charge in [0.15, 0.2) is 0 Å². The average Bonchev–Trinajstić information content (AvgIpc) is 2.57. The SMILES string of the molecule is COC(=O)C(c1ccc(O)cc1)c1cccc2ccccc12. The van der Waals surface area contributed by atoms with Gasteiger partial charge >= 0.3 is 5.97 Å². The molecule has 0 fully saturated rings. The number of phenolic OH excluding ortho intramolecular Hbond substituents is 1. The normalized spacial score (nSPS) is 12.0. The molecule has 0 radical (unpaired) electrons. The predicted molar refractivity (Wildman–Crippen MR) is 85.9 cm³/mol. The van der Waals surface area contributed by atoms with Crippen LogP contribution in [0.4, 0.5) is 0 Å². The lowest BCUT2D eigenvalue weighted by atomic mass is 9.88. The van der Waals surface area contributed by atoms with Crippen LogP contribution in [0.1, 0.15) is 17.0 Å². The van der Waals surface area contributed by atoms with Crippen LogP contribution in [-0.4, -0.2) is 18.2 Å². The van der Waals surface area contributed by atoms with E-state index in [2.05, 4.69) is 0 Å². The Morgan fingerprint density at radius 2 is 1.64 bits per heavy atom. The van der Waals surface area contributed by atoms with Crippen LogP contribution in [0.2, 0.25) is 0 Å². The van der Waals surface area contributed by atoms with Gasteiger partial charge in [-0.05, 0) is 34.0 Å². The second kappa shape index (κ2) is 5.90. The van der Waals surface area contributed by atoms with Crippen molar-refractivity contribution in [3.05, 3.63) is 77.9 Å². The van der Waals surface area contributed by atoms with E-state index in [9.17, 15) is 9.90 Å². The van der Waals surface area contributed by atoms with Crippen molar-refractivity contribution in [2.45, 2.75) is 5.92 Å². The zero-order valence-corrected chi connectivity index (χ0v) is 12.2. The lowest BCUT2D eigenvalue weighted by molar-refractivity contribution is -0.141. The van der Waals surface area contributed by atoms with Gasteiger partial charge in [0, 0.05) is 0 Å².